The fourth-order valence-corrected chi connectivity index (χ4v) is 2.40. The molecule has 15 heavy (non-hydrogen) atoms. The SMILES string of the molecule is CC(CC(=O)O)C(CC(=O)O)P(=O)(O)O. The minimum Gasteiger partial charge on any atom is -0.481 e. The van der Waals surface area contributed by atoms with Crippen LogP contribution in [0.25, 0.3) is 0 Å². The molecule has 0 bridgehead atoms. The van der Waals surface area contributed by atoms with Crippen LogP contribution in [0.4, 0.5) is 0 Å². The molecule has 0 saturated carbocycles. The van der Waals surface area contributed by atoms with Crippen molar-refractivity contribution >= 4 is 19.5 Å². The third-order valence-corrected chi connectivity index (χ3v) is 3.52. The van der Waals surface area contributed by atoms with Crippen LogP contribution in [-0.4, -0.2) is 37.6 Å². The van der Waals surface area contributed by atoms with E-state index in [1.807, 2.05) is 0 Å². The van der Waals surface area contributed by atoms with Crippen molar-refractivity contribution in [3.8, 4) is 0 Å². The largest absolute Gasteiger partial charge is 0.481 e. The Bertz CT molecular complexity index is 294. The summed E-state index contributed by atoms with van der Waals surface area (Å²) >= 11 is 0. The molecule has 0 spiro atoms. The summed E-state index contributed by atoms with van der Waals surface area (Å²) in [6.45, 7) is 1.31. The monoisotopic (exact) mass is 240 g/mol. The molecule has 0 saturated heterocycles. The summed E-state index contributed by atoms with van der Waals surface area (Å²) in [4.78, 5) is 38.4. The maximum absolute atomic E-state index is 10.9. The number of rotatable bonds is 6. The van der Waals surface area contributed by atoms with E-state index < -0.39 is 44.0 Å². The number of carbonyl (C=O) groups is 2. The second kappa shape index (κ2) is 5.25. The van der Waals surface area contributed by atoms with Crippen molar-refractivity contribution in [2.45, 2.75) is 25.4 Å². The summed E-state index contributed by atoms with van der Waals surface area (Å²) in [5.74, 6) is -3.47. The van der Waals surface area contributed by atoms with Crippen molar-refractivity contribution in [2.24, 2.45) is 5.92 Å². The number of hydrogen-bond acceptors (Lipinski definition) is 3. The highest BCUT2D eigenvalue weighted by atomic mass is 31.2. The fraction of sp³-hybridized carbons (Fsp3) is 0.714. The Morgan fingerprint density at radius 3 is 1.80 bits per heavy atom. The zero-order valence-electron chi connectivity index (χ0n) is 8.03. The van der Waals surface area contributed by atoms with E-state index in [1.165, 1.54) is 6.92 Å². The Balaban J connectivity index is 4.70. The van der Waals surface area contributed by atoms with E-state index in [9.17, 15) is 14.2 Å². The summed E-state index contributed by atoms with van der Waals surface area (Å²) < 4.78 is 10.9. The Kier molecular flexibility index (Phi) is 4.93. The van der Waals surface area contributed by atoms with E-state index in [0.29, 0.717) is 0 Å². The van der Waals surface area contributed by atoms with Gasteiger partial charge in [0.1, 0.15) is 0 Å². The van der Waals surface area contributed by atoms with E-state index in [-0.39, 0.29) is 0 Å². The molecule has 0 fully saturated rings. The molecule has 0 heterocycles. The smallest absolute Gasteiger partial charge is 0.329 e. The Morgan fingerprint density at radius 1 is 1.13 bits per heavy atom. The number of hydrogen-bond donors (Lipinski definition) is 4. The average molecular weight is 240 g/mol. The van der Waals surface area contributed by atoms with Crippen molar-refractivity contribution in [3.05, 3.63) is 0 Å². The molecule has 0 rings (SSSR count). The van der Waals surface area contributed by atoms with Crippen molar-refractivity contribution < 1.29 is 34.2 Å². The molecule has 2 atom stereocenters. The van der Waals surface area contributed by atoms with Gasteiger partial charge in [0.25, 0.3) is 0 Å². The summed E-state index contributed by atoms with van der Waals surface area (Å²) in [5, 5.41) is 16.9. The van der Waals surface area contributed by atoms with Gasteiger partial charge < -0.3 is 20.0 Å². The van der Waals surface area contributed by atoms with Gasteiger partial charge in [-0.15, -0.1) is 0 Å². The Hall–Kier alpha value is -0.910. The molecule has 0 radical (unpaired) electrons. The predicted octanol–water partition coefficient (Wildman–Crippen LogP) is 0.118. The van der Waals surface area contributed by atoms with E-state index in [2.05, 4.69) is 0 Å². The number of carboxylic acid groups (broad SMARTS) is 2. The van der Waals surface area contributed by atoms with E-state index >= 15 is 0 Å². The maximum atomic E-state index is 10.9. The van der Waals surface area contributed by atoms with Gasteiger partial charge in [-0.25, -0.2) is 0 Å². The van der Waals surface area contributed by atoms with Crippen LogP contribution in [0.2, 0.25) is 0 Å². The maximum Gasteiger partial charge on any atom is 0.329 e. The Morgan fingerprint density at radius 2 is 1.53 bits per heavy atom. The van der Waals surface area contributed by atoms with Gasteiger partial charge in [-0.05, 0) is 5.92 Å². The molecule has 0 amide bonds. The third-order valence-electron chi connectivity index (χ3n) is 1.97. The quantitative estimate of drug-likeness (QED) is 0.484. The highest BCUT2D eigenvalue weighted by Gasteiger charge is 2.36. The minimum atomic E-state index is -4.59. The van der Waals surface area contributed by atoms with Crippen LogP contribution in [0.1, 0.15) is 19.8 Å². The van der Waals surface area contributed by atoms with Crippen molar-refractivity contribution in [1.82, 2.24) is 0 Å². The van der Waals surface area contributed by atoms with Gasteiger partial charge in [-0.2, -0.15) is 0 Å². The van der Waals surface area contributed by atoms with Crippen LogP contribution in [0.3, 0.4) is 0 Å². The van der Waals surface area contributed by atoms with E-state index in [0.717, 1.165) is 0 Å². The van der Waals surface area contributed by atoms with Crippen LogP contribution < -0.4 is 0 Å². The first kappa shape index (κ1) is 14.1. The summed E-state index contributed by atoms with van der Waals surface area (Å²) in [6, 6.07) is 0. The lowest BCUT2D eigenvalue weighted by Crippen LogP contribution is -2.24. The molecule has 0 aliphatic carbocycles. The molecule has 0 aliphatic rings. The minimum absolute atomic E-state index is 0.469. The lowest BCUT2D eigenvalue weighted by atomic mass is 10.0. The summed E-state index contributed by atoms with van der Waals surface area (Å²) in [5.41, 5.74) is -1.45. The summed E-state index contributed by atoms with van der Waals surface area (Å²) in [6.07, 6.45) is -1.21. The first-order valence-corrected chi connectivity index (χ1v) is 5.81. The lowest BCUT2D eigenvalue weighted by molar-refractivity contribution is -0.140. The van der Waals surface area contributed by atoms with Crippen LogP contribution in [0, 0.1) is 5.92 Å². The lowest BCUT2D eigenvalue weighted by Gasteiger charge is -2.21. The molecule has 0 aromatic carbocycles. The van der Waals surface area contributed by atoms with Gasteiger partial charge in [0.2, 0.25) is 0 Å². The topological polar surface area (TPSA) is 132 Å². The second-order valence-electron chi connectivity index (χ2n) is 3.33. The van der Waals surface area contributed by atoms with Gasteiger partial charge in [-0.1, -0.05) is 6.92 Å². The zero-order valence-corrected chi connectivity index (χ0v) is 8.92. The molecular formula is C7H13O7P. The molecule has 2 unspecified atom stereocenters. The van der Waals surface area contributed by atoms with Crippen LogP contribution in [0.15, 0.2) is 0 Å². The van der Waals surface area contributed by atoms with Crippen molar-refractivity contribution in [1.29, 1.82) is 0 Å². The van der Waals surface area contributed by atoms with Crippen LogP contribution in [0.5, 0.6) is 0 Å². The summed E-state index contributed by atoms with van der Waals surface area (Å²) in [7, 11) is -4.59. The van der Waals surface area contributed by atoms with Gasteiger partial charge in [0.15, 0.2) is 0 Å². The van der Waals surface area contributed by atoms with E-state index in [4.69, 9.17) is 20.0 Å². The molecule has 0 aliphatic heterocycles. The second-order valence-corrected chi connectivity index (χ2v) is 5.17. The molecule has 0 aromatic rings. The highest BCUT2D eigenvalue weighted by molar-refractivity contribution is 7.52. The Labute approximate surface area is 85.9 Å². The number of carboxylic acids is 2. The van der Waals surface area contributed by atoms with Gasteiger partial charge in [-0.3, -0.25) is 14.2 Å². The molecule has 0 aromatic heterocycles. The van der Waals surface area contributed by atoms with E-state index in [1.54, 1.807) is 0 Å². The molecule has 7 nitrogen and oxygen atoms in total. The van der Waals surface area contributed by atoms with Crippen LogP contribution in [-0.2, 0) is 14.2 Å². The zero-order chi connectivity index (χ0) is 12.2. The van der Waals surface area contributed by atoms with Gasteiger partial charge >= 0.3 is 19.5 Å². The fourth-order valence-electron chi connectivity index (χ4n) is 1.24. The average Bonchev–Trinajstić information content (AvgIpc) is 1.95. The first-order chi connectivity index (χ1) is 6.64. The molecule has 8 heteroatoms. The third kappa shape index (κ3) is 5.51. The highest BCUT2D eigenvalue weighted by Crippen LogP contribution is 2.47. The van der Waals surface area contributed by atoms with Gasteiger partial charge in [0, 0.05) is 6.42 Å². The van der Waals surface area contributed by atoms with Crippen LogP contribution >= 0.6 is 7.60 Å². The molecular weight excluding hydrogens is 227 g/mol. The van der Waals surface area contributed by atoms with Gasteiger partial charge in [0.05, 0.1) is 12.1 Å². The van der Waals surface area contributed by atoms with Crippen molar-refractivity contribution in [2.75, 3.05) is 0 Å². The molecule has 4 N–H and O–H groups in total. The normalized spacial score (nSPS) is 15.7. The molecule has 88 valence electrons. The van der Waals surface area contributed by atoms with Crippen molar-refractivity contribution in [3.63, 3.8) is 0 Å². The standard InChI is InChI=1S/C7H13O7P/c1-4(2-6(8)9)5(3-7(10)11)15(12,13)14/h4-5H,2-3H2,1H3,(H,8,9)(H,10,11)(H2,12,13,14). The first-order valence-electron chi connectivity index (χ1n) is 4.13. The predicted molar refractivity (Wildman–Crippen MR) is 49.5 cm³/mol. The number of aliphatic carboxylic acids is 2.